The number of thioether (sulfide) groups is 1. The van der Waals surface area contributed by atoms with E-state index in [1.165, 1.54) is 7.11 Å². The Bertz CT molecular complexity index is 441. The average molecular weight is 251 g/mol. The Morgan fingerprint density at radius 2 is 2.24 bits per heavy atom. The van der Waals surface area contributed by atoms with Gasteiger partial charge in [-0.3, -0.25) is 0 Å². The lowest BCUT2D eigenvalue weighted by molar-refractivity contribution is -0.136. The zero-order chi connectivity index (χ0) is 12.8. The Morgan fingerprint density at radius 3 is 2.88 bits per heavy atom. The highest BCUT2D eigenvalue weighted by Crippen LogP contribution is 2.27. The van der Waals surface area contributed by atoms with Gasteiger partial charge in [0.25, 0.3) is 0 Å². The predicted molar refractivity (Wildman–Crippen MR) is 72.1 cm³/mol. The van der Waals surface area contributed by atoms with Crippen molar-refractivity contribution in [3.8, 4) is 0 Å². The van der Waals surface area contributed by atoms with Gasteiger partial charge in [-0.05, 0) is 25.5 Å². The number of carbonyl (C=O) groups excluding carboxylic acids is 1. The lowest BCUT2D eigenvalue weighted by Crippen LogP contribution is -2.01. The molecule has 4 heteroatoms. The average Bonchev–Trinajstić information content (AvgIpc) is 2.33. The highest BCUT2D eigenvalue weighted by molar-refractivity contribution is 7.99. The van der Waals surface area contributed by atoms with Crippen LogP contribution in [0.2, 0.25) is 0 Å². The highest BCUT2D eigenvalue weighted by atomic mass is 32.2. The topological polar surface area (TPSA) is 52.3 Å². The molecule has 3 nitrogen and oxygen atoms in total. The lowest BCUT2D eigenvalue weighted by Gasteiger charge is -2.06. The molecule has 0 aliphatic carbocycles. The third-order valence-corrected chi connectivity index (χ3v) is 3.42. The normalized spacial score (nSPS) is 11.4. The number of nitrogens with two attached hydrogens (primary N) is 1. The number of rotatable bonds is 4. The molecule has 0 saturated carbocycles. The van der Waals surface area contributed by atoms with Crippen molar-refractivity contribution in [2.45, 2.75) is 18.7 Å². The van der Waals surface area contributed by atoms with Crippen molar-refractivity contribution in [3.05, 3.63) is 35.4 Å². The fourth-order valence-corrected chi connectivity index (χ4v) is 2.28. The highest BCUT2D eigenvalue weighted by Gasteiger charge is 2.04. The molecule has 0 radical (unpaired) electrons. The Hall–Kier alpha value is -1.42. The van der Waals surface area contributed by atoms with Crippen LogP contribution in [0, 0.1) is 6.92 Å². The first-order valence-corrected chi connectivity index (χ1v) is 6.27. The van der Waals surface area contributed by atoms with Crippen molar-refractivity contribution in [2.24, 2.45) is 0 Å². The van der Waals surface area contributed by atoms with Crippen LogP contribution in [0.4, 0.5) is 5.69 Å². The van der Waals surface area contributed by atoms with Crippen molar-refractivity contribution in [2.75, 3.05) is 18.6 Å². The number of carbonyl (C=O) groups is 1. The molecule has 0 atom stereocenters. The standard InChI is InChI=1S/C13H17NO2S/c1-9-5-4-6-11(12(9)14)17-8-7-10(2)13(15)16-3/h4-7H,8,14H2,1-3H3. The van der Waals surface area contributed by atoms with E-state index in [2.05, 4.69) is 4.74 Å². The summed E-state index contributed by atoms with van der Waals surface area (Å²) in [6.45, 7) is 3.72. The van der Waals surface area contributed by atoms with E-state index in [-0.39, 0.29) is 5.97 Å². The molecule has 0 bridgehead atoms. The number of nitrogen functional groups attached to an aromatic ring is 1. The van der Waals surface area contributed by atoms with Crippen LogP contribution in [0.15, 0.2) is 34.7 Å². The number of hydrogen-bond acceptors (Lipinski definition) is 4. The summed E-state index contributed by atoms with van der Waals surface area (Å²) < 4.78 is 4.62. The van der Waals surface area contributed by atoms with Crippen LogP contribution in [-0.4, -0.2) is 18.8 Å². The monoisotopic (exact) mass is 251 g/mol. The maximum absolute atomic E-state index is 11.2. The Labute approximate surface area is 106 Å². The molecule has 1 aromatic rings. The second kappa shape index (κ2) is 6.35. The van der Waals surface area contributed by atoms with Crippen LogP contribution in [0.5, 0.6) is 0 Å². The first-order valence-electron chi connectivity index (χ1n) is 5.29. The molecule has 17 heavy (non-hydrogen) atoms. The number of para-hydroxylation sites is 1. The molecule has 0 amide bonds. The van der Waals surface area contributed by atoms with E-state index in [4.69, 9.17) is 5.73 Å². The number of anilines is 1. The molecular formula is C13H17NO2S. The van der Waals surface area contributed by atoms with Gasteiger partial charge >= 0.3 is 5.97 Å². The fourth-order valence-electron chi connectivity index (χ4n) is 1.28. The summed E-state index contributed by atoms with van der Waals surface area (Å²) in [6.07, 6.45) is 1.85. The number of methoxy groups -OCH3 is 1. The molecule has 0 aromatic heterocycles. The van der Waals surface area contributed by atoms with E-state index < -0.39 is 0 Å². The lowest BCUT2D eigenvalue weighted by atomic mass is 10.2. The van der Waals surface area contributed by atoms with Crippen LogP contribution < -0.4 is 5.73 Å². The minimum Gasteiger partial charge on any atom is -0.466 e. The Morgan fingerprint density at radius 1 is 1.53 bits per heavy atom. The smallest absolute Gasteiger partial charge is 0.333 e. The number of benzene rings is 1. The van der Waals surface area contributed by atoms with Gasteiger partial charge in [-0.25, -0.2) is 4.79 Å². The van der Waals surface area contributed by atoms with Gasteiger partial charge in [0.1, 0.15) is 0 Å². The van der Waals surface area contributed by atoms with Gasteiger partial charge < -0.3 is 10.5 Å². The second-order valence-corrected chi connectivity index (χ2v) is 4.74. The molecular weight excluding hydrogens is 234 g/mol. The first-order chi connectivity index (χ1) is 8.06. The molecule has 1 aromatic carbocycles. The van der Waals surface area contributed by atoms with Crippen LogP contribution in [0.25, 0.3) is 0 Å². The zero-order valence-corrected chi connectivity index (χ0v) is 11.1. The van der Waals surface area contributed by atoms with Crippen LogP contribution in [0.3, 0.4) is 0 Å². The quantitative estimate of drug-likeness (QED) is 0.387. The summed E-state index contributed by atoms with van der Waals surface area (Å²) in [5.41, 5.74) is 8.45. The zero-order valence-electron chi connectivity index (χ0n) is 10.3. The summed E-state index contributed by atoms with van der Waals surface area (Å²) in [5, 5.41) is 0. The third kappa shape index (κ3) is 3.82. The van der Waals surface area contributed by atoms with Crippen molar-refractivity contribution in [3.63, 3.8) is 0 Å². The van der Waals surface area contributed by atoms with Gasteiger partial charge in [0.2, 0.25) is 0 Å². The maximum atomic E-state index is 11.2. The summed E-state index contributed by atoms with van der Waals surface area (Å²) in [4.78, 5) is 12.2. The molecule has 0 aliphatic rings. The minimum atomic E-state index is -0.289. The first kappa shape index (κ1) is 13.6. The largest absolute Gasteiger partial charge is 0.466 e. The van der Waals surface area contributed by atoms with E-state index in [9.17, 15) is 4.79 Å². The molecule has 0 spiro atoms. The van der Waals surface area contributed by atoms with Gasteiger partial charge in [-0.15, -0.1) is 11.8 Å². The van der Waals surface area contributed by atoms with Crippen molar-refractivity contribution in [1.29, 1.82) is 0 Å². The van der Waals surface area contributed by atoms with Crippen LogP contribution in [-0.2, 0) is 9.53 Å². The Balaban J connectivity index is 2.63. The SMILES string of the molecule is COC(=O)C(C)=CCSc1cccc(C)c1N. The van der Waals surface area contributed by atoms with E-state index in [1.807, 2.05) is 31.2 Å². The van der Waals surface area contributed by atoms with E-state index in [1.54, 1.807) is 18.7 Å². The summed E-state index contributed by atoms with van der Waals surface area (Å²) in [6, 6.07) is 5.94. The summed E-state index contributed by atoms with van der Waals surface area (Å²) in [7, 11) is 1.38. The second-order valence-electron chi connectivity index (χ2n) is 3.68. The summed E-state index contributed by atoms with van der Waals surface area (Å²) >= 11 is 1.61. The molecule has 0 saturated heterocycles. The fraction of sp³-hybridized carbons (Fsp3) is 0.308. The number of hydrogen-bond donors (Lipinski definition) is 1. The molecule has 92 valence electrons. The van der Waals surface area contributed by atoms with E-state index in [0.29, 0.717) is 11.3 Å². The van der Waals surface area contributed by atoms with E-state index >= 15 is 0 Å². The molecule has 0 aliphatic heterocycles. The van der Waals surface area contributed by atoms with Gasteiger partial charge in [0, 0.05) is 21.9 Å². The Kier molecular flexibility index (Phi) is 5.10. The van der Waals surface area contributed by atoms with Gasteiger partial charge in [-0.2, -0.15) is 0 Å². The molecule has 0 unspecified atom stereocenters. The minimum absolute atomic E-state index is 0.289. The van der Waals surface area contributed by atoms with E-state index in [0.717, 1.165) is 16.1 Å². The molecule has 2 N–H and O–H groups in total. The molecule has 0 fully saturated rings. The molecule has 1 rings (SSSR count). The third-order valence-electron chi connectivity index (χ3n) is 2.42. The van der Waals surface area contributed by atoms with Gasteiger partial charge in [-0.1, -0.05) is 18.2 Å². The molecule has 0 heterocycles. The van der Waals surface area contributed by atoms with Crippen LogP contribution >= 0.6 is 11.8 Å². The predicted octanol–water partition coefficient (Wildman–Crippen LogP) is 2.79. The van der Waals surface area contributed by atoms with Crippen molar-refractivity contribution < 1.29 is 9.53 Å². The maximum Gasteiger partial charge on any atom is 0.333 e. The van der Waals surface area contributed by atoms with Crippen molar-refractivity contribution in [1.82, 2.24) is 0 Å². The summed E-state index contributed by atoms with van der Waals surface area (Å²) in [5.74, 6) is 0.414. The van der Waals surface area contributed by atoms with Crippen LogP contribution in [0.1, 0.15) is 12.5 Å². The number of ether oxygens (including phenoxy) is 1. The van der Waals surface area contributed by atoms with Gasteiger partial charge in [0.05, 0.1) is 7.11 Å². The van der Waals surface area contributed by atoms with Crippen molar-refractivity contribution >= 4 is 23.4 Å². The number of esters is 1. The number of aryl methyl sites for hydroxylation is 1. The van der Waals surface area contributed by atoms with Gasteiger partial charge in [0.15, 0.2) is 0 Å².